The van der Waals surface area contributed by atoms with Crippen molar-refractivity contribution in [2.45, 2.75) is 31.9 Å². The van der Waals surface area contributed by atoms with Crippen LogP contribution in [0, 0.1) is 0 Å². The molecule has 7 heteroatoms. The summed E-state index contributed by atoms with van der Waals surface area (Å²) in [7, 11) is 0. The SMILES string of the molecule is CC(C)(C)SCC(=O)Nc1nc(CC(N)=O)cs1. The molecule has 0 fully saturated rings. The molecule has 0 unspecified atom stereocenters. The van der Waals surface area contributed by atoms with Crippen molar-refractivity contribution in [1.29, 1.82) is 0 Å². The first kappa shape index (κ1) is 15.0. The van der Waals surface area contributed by atoms with Gasteiger partial charge in [0.1, 0.15) is 0 Å². The van der Waals surface area contributed by atoms with Gasteiger partial charge in [0.2, 0.25) is 11.8 Å². The molecule has 0 radical (unpaired) electrons. The fourth-order valence-electron chi connectivity index (χ4n) is 1.06. The number of carbonyl (C=O) groups is 2. The summed E-state index contributed by atoms with van der Waals surface area (Å²) in [6.45, 7) is 6.16. The summed E-state index contributed by atoms with van der Waals surface area (Å²) in [5.41, 5.74) is 5.65. The molecule has 0 spiro atoms. The first-order valence-electron chi connectivity index (χ1n) is 5.43. The summed E-state index contributed by atoms with van der Waals surface area (Å²) in [4.78, 5) is 26.5. The lowest BCUT2D eigenvalue weighted by atomic mass is 10.3. The Labute approximate surface area is 115 Å². The molecule has 100 valence electrons. The Kier molecular flexibility index (Phi) is 5.15. The number of anilines is 1. The van der Waals surface area contributed by atoms with E-state index in [1.807, 2.05) is 0 Å². The second-order valence-electron chi connectivity index (χ2n) is 4.74. The van der Waals surface area contributed by atoms with E-state index >= 15 is 0 Å². The van der Waals surface area contributed by atoms with Crippen molar-refractivity contribution >= 4 is 40.0 Å². The normalized spacial score (nSPS) is 11.3. The molecular formula is C11H17N3O2S2. The molecule has 3 N–H and O–H groups in total. The van der Waals surface area contributed by atoms with Gasteiger partial charge < -0.3 is 11.1 Å². The number of carbonyl (C=O) groups excluding carboxylic acids is 2. The van der Waals surface area contributed by atoms with Crippen LogP contribution < -0.4 is 11.1 Å². The lowest BCUT2D eigenvalue weighted by Crippen LogP contribution is -2.19. The number of hydrogen-bond acceptors (Lipinski definition) is 5. The number of rotatable bonds is 5. The molecular weight excluding hydrogens is 270 g/mol. The number of nitrogens with two attached hydrogens (primary N) is 1. The Bertz CT molecular complexity index is 438. The fraction of sp³-hybridized carbons (Fsp3) is 0.545. The Morgan fingerprint density at radius 3 is 2.72 bits per heavy atom. The Morgan fingerprint density at radius 1 is 1.50 bits per heavy atom. The van der Waals surface area contributed by atoms with Crippen LogP contribution in [0.1, 0.15) is 26.5 Å². The molecule has 0 bridgehead atoms. The van der Waals surface area contributed by atoms with Gasteiger partial charge in [-0.3, -0.25) is 9.59 Å². The highest BCUT2D eigenvalue weighted by Gasteiger charge is 2.14. The topological polar surface area (TPSA) is 85.1 Å². The third-order valence-electron chi connectivity index (χ3n) is 1.79. The first-order valence-corrected chi connectivity index (χ1v) is 7.29. The molecule has 0 saturated heterocycles. The summed E-state index contributed by atoms with van der Waals surface area (Å²) < 4.78 is 0.0529. The Morgan fingerprint density at radius 2 is 2.17 bits per heavy atom. The maximum atomic E-state index is 11.6. The van der Waals surface area contributed by atoms with E-state index < -0.39 is 5.91 Å². The highest BCUT2D eigenvalue weighted by Crippen LogP contribution is 2.23. The highest BCUT2D eigenvalue weighted by molar-refractivity contribution is 8.01. The highest BCUT2D eigenvalue weighted by atomic mass is 32.2. The minimum absolute atomic E-state index is 0.0529. The standard InChI is InChI=1S/C11H17N3O2S2/c1-11(2,3)18-6-9(16)14-10-13-7(5-17-10)4-8(12)15/h5H,4,6H2,1-3H3,(H2,12,15)(H,13,14,16). The van der Waals surface area contributed by atoms with E-state index in [1.54, 1.807) is 17.1 Å². The minimum Gasteiger partial charge on any atom is -0.369 e. The molecule has 0 aliphatic rings. The van der Waals surface area contributed by atoms with E-state index in [4.69, 9.17) is 5.73 Å². The van der Waals surface area contributed by atoms with Crippen molar-refractivity contribution in [1.82, 2.24) is 4.98 Å². The second-order valence-corrected chi connectivity index (χ2v) is 7.40. The molecule has 1 aromatic heterocycles. The maximum absolute atomic E-state index is 11.6. The van der Waals surface area contributed by atoms with E-state index in [2.05, 4.69) is 31.1 Å². The van der Waals surface area contributed by atoms with E-state index in [-0.39, 0.29) is 17.1 Å². The summed E-state index contributed by atoms with van der Waals surface area (Å²) in [5, 5.41) is 4.93. The van der Waals surface area contributed by atoms with Crippen LogP contribution in [0.4, 0.5) is 5.13 Å². The first-order chi connectivity index (χ1) is 8.26. The Balaban J connectivity index is 2.45. The maximum Gasteiger partial charge on any atom is 0.236 e. The average molecular weight is 287 g/mol. The van der Waals surface area contributed by atoms with Crippen LogP contribution in [-0.4, -0.2) is 27.3 Å². The summed E-state index contributed by atoms with van der Waals surface area (Å²) in [6.07, 6.45) is 0.100. The van der Waals surface area contributed by atoms with Crippen molar-refractivity contribution < 1.29 is 9.59 Å². The van der Waals surface area contributed by atoms with Crippen LogP contribution in [0.5, 0.6) is 0 Å². The van der Waals surface area contributed by atoms with Gasteiger partial charge in [0.05, 0.1) is 17.9 Å². The second kappa shape index (κ2) is 6.19. The van der Waals surface area contributed by atoms with Crippen molar-refractivity contribution in [3.63, 3.8) is 0 Å². The zero-order chi connectivity index (χ0) is 13.8. The van der Waals surface area contributed by atoms with Crippen LogP contribution in [0.15, 0.2) is 5.38 Å². The number of aromatic nitrogens is 1. The van der Waals surface area contributed by atoms with Crippen molar-refractivity contribution in [3.8, 4) is 0 Å². The van der Waals surface area contributed by atoms with Crippen LogP contribution in [-0.2, 0) is 16.0 Å². The average Bonchev–Trinajstić information content (AvgIpc) is 2.60. The monoisotopic (exact) mass is 287 g/mol. The lowest BCUT2D eigenvalue weighted by Gasteiger charge is -2.16. The molecule has 18 heavy (non-hydrogen) atoms. The van der Waals surface area contributed by atoms with Crippen LogP contribution in [0.2, 0.25) is 0 Å². The third-order valence-corrected chi connectivity index (χ3v) is 3.87. The van der Waals surface area contributed by atoms with Crippen molar-refractivity contribution in [2.24, 2.45) is 5.73 Å². The van der Waals surface area contributed by atoms with Gasteiger partial charge in [-0.15, -0.1) is 23.1 Å². The molecule has 0 saturated carbocycles. The van der Waals surface area contributed by atoms with E-state index in [0.29, 0.717) is 16.6 Å². The fourth-order valence-corrected chi connectivity index (χ4v) is 2.42. The molecule has 0 aliphatic heterocycles. The van der Waals surface area contributed by atoms with E-state index in [1.165, 1.54) is 11.3 Å². The molecule has 0 aromatic carbocycles. The largest absolute Gasteiger partial charge is 0.369 e. The quantitative estimate of drug-likeness (QED) is 0.862. The van der Waals surface area contributed by atoms with Gasteiger partial charge in [-0.2, -0.15) is 0 Å². The molecule has 2 amide bonds. The molecule has 1 aromatic rings. The van der Waals surface area contributed by atoms with Gasteiger partial charge >= 0.3 is 0 Å². The number of hydrogen-bond donors (Lipinski definition) is 2. The zero-order valence-electron chi connectivity index (χ0n) is 10.6. The summed E-state index contributed by atoms with van der Waals surface area (Å²) in [6, 6.07) is 0. The molecule has 1 heterocycles. The lowest BCUT2D eigenvalue weighted by molar-refractivity contribution is -0.117. The zero-order valence-corrected chi connectivity index (χ0v) is 12.3. The molecule has 5 nitrogen and oxygen atoms in total. The summed E-state index contributed by atoms with van der Waals surface area (Å²) in [5.74, 6) is -0.134. The van der Waals surface area contributed by atoms with E-state index in [9.17, 15) is 9.59 Å². The van der Waals surface area contributed by atoms with Crippen LogP contribution in [0.3, 0.4) is 0 Å². The van der Waals surface area contributed by atoms with Crippen molar-refractivity contribution in [3.05, 3.63) is 11.1 Å². The number of thioether (sulfide) groups is 1. The molecule has 1 rings (SSSR count). The number of nitrogens with one attached hydrogen (secondary N) is 1. The predicted octanol–water partition coefficient (Wildman–Crippen LogP) is 1.64. The smallest absolute Gasteiger partial charge is 0.236 e. The number of amides is 2. The van der Waals surface area contributed by atoms with Gasteiger partial charge in [0, 0.05) is 10.1 Å². The van der Waals surface area contributed by atoms with Gasteiger partial charge in [0.15, 0.2) is 5.13 Å². The van der Waals surface area contributed by atoms with E-state index in [0.717, 1.165) is 0 Å². The van der Waals surface area contributed by atoms with Gasteiger partial charge in [0.25, 0.3) is 0 Å². The number of thiazole rings is 1. The van der Waals surface area contributed by atoms with Gasteiger partial charge in [-0.1, -0.05) is 20.8 Å². The minimum atomic E-state index is -0.429. The molecule has 0 aliphatic carbocycles. The third kappa shape index (κ3) is 6.02. The number of primary amides is 1. The molecule has 0 atom stereocenters. The van der Waals surface area contributed by atoms with Gasteiger partial charge in [-0.25, -0.2) is 4.98 Å². The van der Waals surface area contributed by atoms with Gasteiger partial charge in [-0.05, 0) is 0 Å². The predicted molar refractivity (Wildman–Crippen MR) is 75.9 cm³/mol. The summed E-state index contributed by atoms with van der Waals surface area (Å²) >= 11 is 2.86. The van der Waals surface area contributed by atoms with Crippen LogP contribution in [0.25, 0.3) is 0 Å². The Hall–Kier alpha value is -1.08. The number of nitrogens with zero attached hydrogens (tertiary/aromatic N) is 1. The van der Waals surface area contributed by atoms with Crippen LogP contribution >= 0.6 is 23.1 Å². The van der Waals surface area contributed by atoms with Crippen molar-refractivity contribution in [2.75, 3.05) is 11.1 Å².